The molecule has 198 valence electrons. The Kier molecular flexibility index (Phi) is 12.3. The number of nitrogens with one attached hydrogen (secondary N) is 1. The lowest BCUT2D eigenvalue weighted by Gasteiger charge is -2.38. The molecule has 1 aliphatic carbocycles. The largest absolute Gasteiger partial charge is 0.385 e. The van der Waals surface area contributed by atoms with Crippen molar-refractivity contribution in [3.8, 4) is 0 Å². The van der Waals surface area contributed by atoms with Crippen LogP contribution < -0.4 is 5.32 Å². The lowest BCUT2D eigenvalue weighted by atomic mass is 9.77. The van der Waals surface area contributed by atoms with Crippen molar-refractivity contribution in [2.45, 2.75) is 83.0 Å². The Hall–Kier alpha value is -1.17. The number of benzene rings is 1. The van der Waals surface area contributed by atoms with Crippen LogP contribution in [0.15, 0.2) is 18.2 Å². The van der Waals surface area contributed by atoms with Crippen LogP contribution in [0.2, 0.25) is 5.02 Å². The molecule has 6 heteroatoms. The maximum atomic E-state index is 15.1. The van der Waals surface area contributed by atoms with Gasteiger partial charge in [-0.2, -0.15) is 0 Å². The van der Waals surface area contributed by atoms with Crippen molar-refractivity contribution in [1.82, 2.24) is 10.2 Å². The standard InChI is InChI=1S/C29H46ClFN2O2/c1-32-20-23(18-22-10-4-3-5-11-22)19-28(34)33-16-9-12-24(21-33)25(13-6-7-17-35-2)26-14-8-15-27(30)29(26)31/h8,14-15,22-25,32H,3-7,9-13,16-21H2,1-2H3/t23-,24-,25+/m1/s1. The van der Waals surface area contributed by atoms with Gasteiger partial charge >= 0.3 is 0 Å². The van der Waals surface area contributed by atoms with Crippen LogP contribution in [-0.4, -0.2) is 51.2 Å². The van der Waals surface area contributed by atoms with Crippen LogP contribution in [0.4, 0.5) is 4.39 Å². The van der Waals surface area contributed by atoms with E-state index < -0.39 is 0 Å². The molecule has 4 nitrogen and oxygen atoms in total. The monoisotopic (exact) mass is 508 g/mol. The molecule has 3 atom stereocenters. The third-order valence-electron chi connectivity index (χ3n) is 8.22. The molecule has 1 heterocycles. The van der Waals surface area contributed by atoms with E-state index in [1.807, 2.05) is 19.2 Å². The van der Waals surface area contributed by atoms with E-state index >= 15 is 4.39 Å². The summed E-state index contributed by atoms with van der Waals surface area (Å²) in [7, 11) is 3.71. The predicted octanol–water partition coefficient (Wildman–Crippen LogP) is 6.81. The molecule has 35 heavy (non-hydrogen) atoms. The van der Waals surface area contributed by atoms with Crippen molar-refractivity contribution in [2.75, 3.05) is 40.4 Å². The molecule has 1 aromatic carbocycles. The zero-order valence-corrected chi connectivity index (χ0v) is 22.6. The molecule has 2 aliphatic rings. The Morgan fingerprint density at radius 1 is 1.20 bits per heavy atom. The van der Waals surface area contributed by atoms with Crippen LogP contribution in [0.5, 0.6) is 0 Å². The van der Waals surface area contributed by atoms with E-state index in [1.54, 1.807) is 13.2 Å². The number of rotatable bonds is 13. The Labute approximate surface area is 217 Å². The van der Waals surface area contributed by atoms with Crippen LogP contribution >= 0.6 is 11.6 Å². The van der Waals surface area contributed by atoms with Crippen molar-refractivity contribution in [3.05, 3.63) is 34.6 Å². The van der Waals surface area contributed by atoms with Gasteiger partial charge in [0.15, 0.2) is 0 Å². The number of hydrogen-bond acceptors (Lipinski definition) is 3. The van der Waals surface area contributed by atoms with Gasteiger partial charge in [-0.15, -0.1) is 0 Å². The highest BCUT2D eigenvalue weighted by Gasteiger charge is 2.33. The highest BCUT2D eigenvalue weighted by molar-refractivity contribution is 6.30. The van der Waals surface area contributed by atoms with E-state index in [0.717, 1.165) is 64.1 Å². The number of unbranched alkanes of at least 4 members (excludes halogenated alkanes) is 1. The molecular formula is C29H46ClFN2O2. The molecule has 1 saturated carbocycles. The molecule has 0 aromatic heterocycles. The minimum atomic E-state index is -0.295. The fraction of sp³-hybridized carbons (Fsp3) is 0.759. The Morgan fingerprint density at radius 2 is 2.00 bits per heavy atom. The molecule has 0 unspecified atom stereocenters. The Morgan fingerprint density at radius 3 is 2.74 bits per heavy atom. The summed E-state index contributed by atoms with van der Waals surface area (Å²) in [5.74, 6) is 1.46. The molecule has 3 rings (SSSR count). The summed E-state index contributed by atoms with van der Waals surface area (Å²) in [5, 5.41) is 3.51. The van der Waals surface area contributed by atoms with Gasteiger partial charge < -0.3 is 15.0 Å². The minimum absolute atomic E-state index is 0.0662. The number of amides is 1. The average molecular weight is 509 g/mol. The average Bonchev–Trinajstić information content (AvgIpc) is 2.87. The number of carbonyl (C=O) groups excluding carboxylic acids is 1. The van der Waals surface area contributed by atoms with Gasteiger partial charge in [-0.1, -0.05) is 62.3 Å². The lowest BCUT2D eigenvalue weighted by molar-refractivity contribution is -0.134. The van der Waals surface area contributed by atoms with Crippen LogP contribution in [0.1, 0.15) is 88.5 Å². The van der Waals surface area contributed by atoms with Gasteiger partial charge in [-0.05, 0) is 81.0 Å². The summed E-state index contributed by atoms with van der Waals surface area (Å²) in [6.07, 6.45) is 13.3. The molecule has 1 amide bonds. The maximum Gasteiger partial charge on any atom is 0.222 e. The first-order chi connectivity index (χ1) is 17.0. The number of piperidine rings is 1. The molecule has 1 aromatic rings. The fourth-order valence-corrected chi connectivity index (χ4v) is 6.61. The van der Waals surface area contributed by atoms with Crippen molar-refractivity contribution < 1.29 is 13.9 Å². The predicted molar refractivity (Wildman–Crippen MR) is 142 cm³/mol. The zero-order chi connectivity index (χ0) is 25.0. The van der Waals surface area contributed by atoms with E-state index in [-0.39, 0.29) is 28.6 Å². The summed E-state index contributed by atoms with van der Waals surface area (Å²) in [6.45, 7) is 3.15. The minimum Gasteiger partial charge on any atom is -0.385 e. The summed E-state index contributed by atoms with van der Waals surface area (Å²) < 4.78 is 20.3. The number of carbonyl (C=O) groups is 1. The van der Waals surface area contributed by atoms with Crippen LogP contribution in [-0.2, 0) is 9.53 Å². The fourth-order valence-electron chi connectivity index (χ4n) is 6.43. The maximum absolute atomic E-state index is 15.1. The lowest BCUT2D eigenvalue weighted by Crippen LogP contribution is -2.43. The topological polar surface area (TPSA) is 41.6 Å². The van der Waals surface area contributed by atoms with Crippen LogP contribution in [0.3, 0.4) is 0 Å². The molecular weight excluding hydrogens is 463 g/mol. The van der Waals surface area contributed by atoms with E-state index in [2.05, 4.69) is 10.2 Å². The van der Waals surface area contributed by atoms with Crippen LogP contribution in [0, 0.1) is 23.6 Å². The molecule has 1 N–H and O–H groups in total. The molecule has 0 bridgehead atoms. The van der Waals surface area contributed by atoms with E-state index in [4.69, 9.17) is 16.3 Å². The van der Waals surface area contributed by atoms with E-state index in [0.29, 0.717) is 24.5 Å². The third kappa shape index (κ3) is 8.72. The number of hydrogen-bond donors (Lipinski definition) is 1. The molecule has 2 fully saturated rings. The summed E-state index contributed by atoms with van der Waals surface area (Å²) in [4.78, 5) is 15.5. The Balaban J connectivity index is 1.66. The van der Waals surface area contributed by atoms with E-state index in [1.165, 1.54) is 32.1 Å². The zero-order valence-electron chi connectivity index (χ0n) is 21.9. The SMILES string of the molecule is CNC[C@@H](CC(=O)N1CCC[C@@H]([C@H](CCCCOC)c2cccc(Cl)c2F)C1)CC1CCCCC1. The summed E-state index contributed by atoms with van der Waals surface area (Å²) in [5.41, 5.74) is 0.708. The second kappa shape index (κ2) is 15.2. The first-order valence-electron chi connectivity index (χ1n) is 13.9. The second-order valence-corrected chi connectivity index (χ2v) is 11.3. The number of nitrogens with zero attached hydrogens (tertiary/aromatic N) is 1. The summed E-state index contributed by atoms with van der Waals surface area (Å²) >= 11 is 6.16. The molecule has 1 saturated heterocycles. The smallest absolute Gasteiger partial charge is 0.222 e. The molecule has 0 radical (unpaired) electrons. The number of likely N-dealkylation sites (tertiary alicyclic amines) is 1. The van der Waals surface area contributed by atoms with Gasteiger partial charge in [0.2, 0.25) is 5.91 Å². The van der Waals surface area contributed by atoms with Crippen molar-refractivity contribution >= 4 is 17.5 Å². The number of halogens is 2. The van der Waals surface area contributed by atoms with Gasteiger partial charge in [-0.25, -0.2) is 4.39 Å². The molecule has 0 spiro atoms. The van der Waals surface area contributed by atoms with Gasteiger partial charge in [0.25, 0.3) is 0 Å². The Bertz CT molecular complexity index is 771. The number of methoxy groups -OCH3 is 1. The summed E-state index contributed by atoms with van der Waals surface area (Å²) in [6, 6.07) is 5.35. The first kappa shape index (κ1) is 28.4. The van der Waals surface area contributed by atoms with Gasteiger partial charge in [0.05, 0.1) is 5.02 Å². The second-order valence-electron chi connectivity index (χ2n) is 10.8. The molecule has 1 aliphatic heterocycles. The van der Waals surface area contributed by atoms with Gasteiger partial charge in [0, 0.05) is 33.2 Å². The third-order valence-corrected chi connectivity index (χ3v) is 8.51. The number of ether oxygens (including phenoxy) is 1. The highest BCUT2D eigenvalue weighted by atomic mass is 35.5. The van der Waals surface area contributed by atoms with Gasteiger partial charge in [-0.3, -0.25) is 4.79 Å². The van der Waals surface area contributed by atoms with Crippen molar-refractivity contribution in [3.63, 3.8) is 0 Å². The van der Waals surface area contributed by atoms with Crippen LogP contribution in [0.25, 0.3) is 0 Å². The quantitative estimate of drug-likeness (QED) is 0.297. The first-order valence-corrected chi connectivity index (χ1v) is 14.3. The highest BCUT2D eigenvalue weighted by Crippen LogP contribution is 2.39. The van der Waals surface area contributed by atoms with Crippen molar-refractivity contribution in [2.24, 2.45) is 17.8 Å². The van der Waals surface area contributed by atoms with Gasteiger partial charge in [0.1, 0.15) is 5.82 Å². The van der Waals surface area contributed by atoms with E-state index in [9.17, 15) is 4.79 Å². The van der Waals surface area contributed by atoms with Crippen molar-refractivity contribution in [1.29, 1.82) is 0 Å². The normalized spacial score (nSPS) is 21.1.